The molecule has 4 heteroatoms. The van der Waals surface area contributed by atoms with Crippen LogP contribution in [0.1, 0.15) is 32.6 Å². The summed E-state index contributed by atoms with van der Waals surface area (Å²) in [7, 11) is 4.11. The Bertz CT molecular complexity index is 249. The molecule has 1 rings (SSSR count). The number of carbonyl (C=O) groups excluding carboxylic acids is 1. The minimum absolute atomic E-state index is 0.116. The standard InChI is InChI=1S/C14H29N3O/c1-12(5-4-8-15)14(18)17(3)11-13-6-9-16(2)10-7-13/h12-13H,4-11,15H2,1-3H3. The molecule has 4 nitrogen and oxygen atoms in total. The van der Waals surface area contributed by atoms with Gasteiger partial charge in [0, 0.05) is 19.5 Å². The molecule has 1 atom stereocenters. The highest BCUT2D eigenvalue weighted by Crippen LogP contribution is 2.18. The van der Waals surface area contributed by atoms with Crippen molar-refractivity contribution < 1.29 is 4.79 Å². The van der Waals surface area contributed by atoms with Crippen molar-refractivity contribution >= 4 is 5.91 Å². The third kappa shape index (κ3) is 4.94. The van der Waals surface area contributed by atoms with E-state index in [1.54, 1.807) is 0 Å². The molecule has 0 saturated carbocycles. The minimum atomic E-state index is 0.116. The van der Waals surface area contributed by atoms with Crippen molar-refractivity contribution in [2.75, 3.05) is 40.3 Å². The van der Waals surface area contributed by atoms with E-state index in [-0.39, 0.29) is 11.8 Å². The molecular formula is C14H29N3O. The third-order valence-corrected chi connectivity index (χ3v) is 4.01. The van der Waals surface area contributed by atoms with Gasteiger partial charge in [-0.15, -0.1) is 0 Å². The molecule has 1 amide bonds. The van der Waals surface area contributed by atoms with Crippen LogP contribution in [0, 0.1) is 11.8 Å². The summed E-state index contributed by atoms with van der Waals surface area (Å²) in [5, 5.41) is 0. The number of piperidine rings is 1. The van der Waals surface area contributed by atoms with Gasteiger partial charge in [0.2, 0.25) is 5.91 Å². The van der Waals surface area contributed by atoms with Crippen molar-refractivity contribution in [2.45, 2.75) is 32.6 Å². The highest BCUT2D eigenvalue weighted by atomic mass is 16.2. The topological polar surface area (TPSA) is 49.6 Å². The number of carbonyl (C=O) groups is 1. The summed E-state index contributed by atoms with van der Waals surface area (Å²) in [6.07, 6.45) is 4.28. The van der Waals surface area contributed by atoms with Gasteiger partial charge in [0.25, 0.3) is 0 Å². The average molecular weight is 255 g/mol. The maximum atomic E-state index is 12.2. The molecule has 18 heavy (non-hydrogen) atoms. The number of hydrogen-bond acceptors (Lipinski definition) is 3. The first-order valence-electron chi connectivity index (χ1n) is 7.18. The summed E-state index contributed by atoms with van der Waals surface area (Å²) in [6.45, 7) is 5.93. The van der Waals surface area contributed by atoms with Crippen LogP contribution in [0.4, 0.5) is 0 Å². The molecule has 106 valence electrons. The molecule has 0 aromatic carbocycles. The first kappa shape index (κ1) is 15.4. The van der Waals surface area contributed by atoms with Gasteiger partial charge in [-0.3, -0.25) is 4.79 Å². The summed E-state index contributed by atoms with van der Waals surface area (Å²) < 4.78 is 0. The molecule has 1 saturated heterocycles. The molecule has 1 fully saturated rings. The van der Waals surface area contributed by atoms with Gasteiger partial charge >= 0.3 is 0 Å². The molecule has 1 unspecified atom stereocenters. The zero-order valence-electron chi connectivity index (χ0n) is 12.2. The molecule has 0 radical (unpaired) electrons. The molecule has 0 aromatic rings. The predicted molar refractivity (Wildman–Crippen MR) is 75.3 cm³/mol. The van der Waals surface area contributed by atoms with Gasteiger partial charge in [-0.25, -0.2) is 0 Å². The van der Waals surface area contributed by atoms with Crippen molar-refractivity contribution in [3.05, 3.63) is 0 Å². The fraction of sp³-hybridized carbons (Fsp3) is 0.929. The Morgan fingerprint density at radius 1 is 1.44 bits per heavy atom. The Kier molecular flexibility index (Phi) is 6.65. The lowest BCUT2D eigenvalue weighted by atomic mass is 9.96. The van der Waals surface area contributed by atoms with Crippen LogP contribution in [0.2, 0.25) is 0 Å². The molecule has 0 spiro atoms. The maximum absolute atomic E-state index is 12.2. The number of nitrogens with zero attached hydrogens (tertiary/aromatic N) is 2. The lowest BCUT2D eigenvalue weighted by Gasteiger charge is -2.32. The molecule has 1 aliphatic heterocycles. The van der Waals surface area contributed by atoms with E-state index in [0.29, 0.717) is 12.5 Å². The molecule has 0 bridgehead atoms. The number of hydrogen-bond donors (Lipinski definition) is 1. The van der Waals surface area contributed by atoms with E-state index in [1.807, 2.05) is 18.9 Å². The van der Waals surface area contributed by atoms with Crippen molar-refractivity contribution in [3.8, 4) is 0 Å². The van der Waals surface area contributed by atoms with Gasteiger partial charge in [-0.05, 0) is 58.3 Å². The van der Waals surface area contributed by atoms with Crippen LogP contribution in [-0.2, 0) is 4.79 Å². The average Bonchev–Trinajstić information content (AvgIpc) is 2.37. The van der Waals surface area contributed by atoms with Gasteiger partial charge < -0.3 is 15.5 Å². The van der Waals surface area contributed by atoms with Gasteiger partial charge in [0.15, 0.2) is 0 Å². The van der Waals surface area contributed by atoms with Gasteiger partial charge in [-0.2, -0.15) is 0 Å². The van der Waals surface area contributed by atoms with Crippen LogP contribution in [0.25, 0.3) is 0 Å². The largest absolute Gasteiger partial charge is 0.345 e. The smallest absolute Gasteiger partial charge is 0.225 e. The fourth-order valence-electron chi connectivity index (χ4n) is 2.65. The van der Waals surface area contributed by atoms with Crippen LogP contribution in [0.15, 0.2) is 0 Å². The van der Waals surface area contributed by atoms with E-state index >= 15 is 0 Å². The van der Waals surface area contributed by atoms with E-state index in [9.17, 15) is 4.79 Å². The SMILES string of the molecule is CC(CCCN)C(=O)N(C)CC1CCN(C)CC1. The zero-order valence-corrected chi connectivity index (χ0v) is 12.2. The minimum Gasteiger partial charge on any atom is -0.345 e. The van der Waals surface area contributed by atoms with E-state index in [2.05, 4.69) is 11.9 Å². The lowest BCUT2D eigenvalue weighted by molar-refractivity contribution is -0.134. The molecule has 0 aliphatic carbocycles. The van der Waals surface area contributed by atoms with Crippen LogP contribution < -0.4 is 5.73 Å². The molecule has 2 N–H and O–H groups in total. The van der Waals surface area contributed by atoms with Gasteiger partial charge in [0.1, 0.15) is 0 Å². The summed E-state index contributed by atoms with van der Waals surface area (Å²) in [5.74, 6) is 1.07. The van der Waals surface area contributed by atoms with Crippen molar-refractivity contribution in [3.63, 3.8) is 0 Å². The Labute approximate surface area is 111 Å². The Hall–Kier alpha value is -0.610. The van der Waals surface area contributed by atoms with Crippen LogP contribution in [0.3, 0.4) is 0 Å². The van der Waals surface area contributed by atoms with Gasteiger partial charge in [0.05, 0.1) is 0 Å². The zero-order chi connectivity index (χ0) is 13.5. The highest BCUT2D eigenvalue weighted by molar-refractivity contribution is 5.78. The first-order chi connectivity index (χ1) is 8.54. The summed E-state index contributed by atoms with van der Waals surface area (Å²) in [6, 6.07) is 0. The quantitative estimate of drug-likeness (QED) is 0.775. The van der Waals surface area contributed by atoms with Crippen LogP contribution in [0.5, 0.6) is 0 Å². The van der Waals surface area contributed by atoms with Crippen LogP contribution in [-0.4, -0.2) is 56.0 Å². The Morgan fingerprint density at radius 3 is 2.61 bits per heavy atom. The molecule has 1 aliphatic rings. The Balaban J connectivity index is 2.30. The highest BCUT2D eigenvalue weighted by Gasteiger charge is 2.22. The number of nitrogens with two attached hydrogens (primary N) is 1. The maximum Gasteiger partial charge on any atom is 0.225 e. The lowest BCUT2D eigenvalue weighted by Crippen LogP contribution is -2.39. The fourth-order valence-corrected chi connectivity index (χ4v) is 2.65. The van der Waals surface area contributed by atoms with E-state index in [1.165, 1.54) is 12.8 Å². The molecule has 0 aromatic heterocycles. The molecule has 1 heterocycles. The third-order valence-electron chi connectivity index (χ3n) is 4.01. The van der Waals surface area contributed by atoms with E-state index in [0.717, 1.165) is 32.5 Å². The van der Waals surface area contributed by atoms with Crippen molar-refractivity contribution in [1.82, 2.24) is 9.80 Å². The van der Waals surface area contributed by atoms with Crippen molar-refractivity contribution in [2.24, 2.45) is 17.6 Å². The normalized spacial score (nSPS) is 19.8. The summed E-state index contributed by atoms with van der Waals surface area (Å²) in [5.41, 5.74) is 5.49. The second-order valence-corrected chi connectivity index (χ2v) is 5.80. The number of amides is 1. The predicted octanol–water partition coefficient (Wildman–Crippen LogP) is 1.16. The van der Waals surface area contributed by atoms with Crippen molar-refractivity contribution in [1.29, 1.82) is 0 Å². The number of likely N-dealkylation sites (tertiary alicyclic amines) is 1. The summed E-state index contributed by atoms with van der Waals surface area (Å²) in [4.78, 5) is 16.5. The summed E-state index contributed by atoms with van der Waals surface area (Å²) >= 11 is 0. The first-order valence-corrected chi connectivity index (χ1v) is 7.18. The molecular weight excluding hydrogens is 226 g/mol. The van der Waals surface area contributed by atoms with Crippen LogP contribution >= 0.6 is 0 Å². The number of rotatable bonds is 6. The van der Waals surface area contributed by atoms with E-state index in [4.69, 9.17) is 5.73 Å². The second kappa shape index (κ2) is 7.74. The van der Waals surface area contributed by atoms with E-state index < -0.39 is 0 Å². The second-order valence-electron chi connectivity index (χ2n) is 5.80. The van der Waals surface area contributed by atoms with Gasteiger partial charge in [-0.1, -0.05) is 6.92 Å². The Morgan fingerprint density at radius 2 is 2.06 bits per heavy atom. The monoisotopic (exact) mass is 255 g/mol.